The summed E-state index contributed by atoms with van der Waals surface area (Å²) in [4.78, 5) is 20.4. The molecule has 0 atom stereocenters. The SMILES string of the molecule is COc1cccc(C(=O)Nc2ccc(-n3nc(-c4cccnc4)cc3C(F)(F)F)nc2)c1. The third-order valence-electron chi connectivity index (χ3n) is 4.51. The number of anilines is 1. The van der Waals surface area contributed by atoms with Crippen molar-refractivity contribution in [3.05, 3.63) is 84.4 Å². The largest absolute Gasteiger partial charge is 0.497 e. The van der Waals surface area contributed by atoms with E-state index in [1.807, 2.05) is 0 Å². The van der Waals surface area contributed by atoms with Crippen LogP contribution in [-0.4, -0.2) is 32.8 Å². The number of nitrogens with zero attached hydrogens (tertiary/aromatic N) is 4. The summed E-state index contributed by atoms with van der Waals surface area (Å²) in [5.74, 6) is 0.0631. The first-order valence-corrected chi connectivity index (χ1v) is 9.34. The predicted octanol–water partition coefficient (Wildman–Crippen LogP) is 4.61. The Morgan fingerprint density at radius 1 is 1.06 bits per heavy atom. The number of nitrogens with one attached hydrogen (secondary N) is 1. The Balaban J connectivity index is 1.61. The molecule has 4 aromatic rings. The van der Waals surface area contributed by atoms with Crippen LogP contribution in [0, 0.1) is 0 Å². The van der Waals surface area contributed by atoms with Crippen LogP contribution in [0.25, 0.3) is 17.1 Å². The molecule has 0 fully saturated rings. The van der Waals surface area contributed by atoms with Crippen LogP contribution in [0.2, 0.25) is 0 Å². The lowest BCUT2D eigenvalue weighted by Crippen LogP contribution is -2.15. The van der Waals surface area contributed by atoms with E-state index in [4.69, 9.17) is 4.74 Å². The number of rotatable bonds is 5. The fraction of sp³-hybridized carbons (Fsp3) is 0.0909. The molecule has 0 saturated heterocycles. The van der Waals surface area contributed by atoms with E-state index in [0.717, 1.165) is 10.7 Å². The van der Waals surface area contributed by atoms with Gasteiger partial charge >= 0.3 is 6.18 Å². The minimum atomic E-state index is -4.64. The van der Waals surface area contributed by atoms with Crippen molar-refractivity contribution in [3.63, 3.8) is 0 Å². The van der Waals surface area contributed by atoms with Crippen molar-refractivity contribution < 1.29 is 22.7 Å². The highest BCUT2D eigenvalue weighted by Gasteiger charge is 2.36. The van der Waals surface area contributed by atoms with Crippen molar-refractivity contribution in [3.8, 4) is 22.8 Å². The molecule has 1 amide bonds. The lowest BCUT2D eigenvalue weighted by molar-refractivity contribution is -0.142. The highest BCUT2D eigenvalue weighted by molar-refractivity contribution is 6.04. The van der Waals surface area contributed by atoms with Crippen molar-refractivity contribution in [1.29, 1.82) is 0 Å². The Labute approximate surface area is 180 Å². The molecule has 7 nitrogen and oxygen atoms in total. The van der Waals surface area contributed by atoms with Crippen LogP contribution >= 0.6 is 0 Å². The van der Waals surface area contributed by atoms with Gasteiger partial charge in [-0.2, -0.15) is 18.3 Å². The fourth-order valence-corrected chi connectivity index (χ4v) is 2.97. The number of carbonyl (C=O) groups excluding carboxylic acids is 1. The molecule has 10 heteroatoms. The van der Waals surface area contributed by atoms with Gasteiger partial charge in [-0.15, -0.1) is 0 Å². The summed E-state index contributed by atoms with van der Waals surface area (Å²) in [6.45, 7) is 0. The predicted molar refractivity (Wildman–Crippen MR) is 111 cm³/mol. The number of pyridine rings is 2. The van der Waals surface area contributed by atoms with Gasteiger partial charge in [0.25, 0.3) is 5.91 Å². The molecule has 1 N–H and O–H groups in total. The first-order chi connectivity index (χ1) is 15.3. The van der Waals surface area contributed by atoms with E-state index in [1.54, 1.807) is 36.4 Å². The number of aromatic nitrogens is 4. The zero-order valence-corrected chi connectivity index (χ0v) is 16.7. The van der Waals surface area contributed by atoms with Gasteiger partial charge in [-0.25, -0.2) is 9.67 Å². The van der Waals surface area contributed by atoms with E-state index >= 15 is 0 Å². The van der Waals surface area contributed by atoms with Gasteiger partial charge in [0.1, 0.15) is 5.75 Å². The summed E-state index contributed by atoms with van der Waals surface area (Å²) in [7, 11) is 1.49. The van der Waals surface area contributed by atoms with Crippen molar-refractivity contribution in [1.82, 2.24) is 19.7 Å². The maximum absolute atomic E-state index is 13.6. The molecule has 4 rings (SSSR count). The molecule has 1 aromatic carbocycles. The molecule has 3 heterocycles. The van der Waals surface area contributed by atoms with Crippen LogP contribution in [0.1, 0.15) is 16.1 Å². The zero-order valence-electron chi connectivity index (χ0n) is 16.7. The molecule has 0 aliphatic rings. The number of amides is 1. The van der Waals surface area contributed by atoms with E-state index in [2.05, 4.69) is 20.4 Å². The molecular weight excluding hydrogens is 423 g/mol. The maximum Gasteiger partial charge on any atom is 0.433 e. The molecule has 0 aliphatic carbocycles. The molecule has 32 heavy (non-hydrogen) atoms. The molecule has 0 saturated carbocycles. The van der Waals surface area contributed by atoms with E-state index in [9.17, 15) is 18.0 Å². The standard InChI is InChI=1S/C22H16F3N5O2/c1-32-17-6-2-4-14(10-17)21(31)28-16-7-8-20(27-13-16)30-19(22(23,24)25)11-18(29-30)15-5-3-9-26-12-15/h2-13H,1H3,(H,28,31). The van der Waals surface area contributed by atoms with Crippen LogP contribution in [0.15, 0.2) is 73.2 Å². The summed E-state index contributed by atoms with van der Waals surface area (Å²) in [5, 5.41) is 6.71. The summed E-state index contributed by atoms with van der Waals surface area (Å²) < 4.78 is 46.6. The molecule has 3 aromatic heterocycles. The molecule has 162 valence electrons. The fourth-order valence-electron chi connectivity index (χ4n) is 2.97. The monoisotopic (exact) mass is 439 g/mol. The number of benzene rings is 1. The highest BCUT2D eigenvalue weighted by Crippen LogP contribution is 2.33. The molecule has 0 radical (unpaired) electrons. The lowest BCUT2D eigenvalue weighted by Gasteiger charge is -2.10. The van der Waals surface area contributed by atoms with Crippen molar-refractivity contribution in [2.75, 3.05) is 12.4 Å². The number of alkyl halides is 3. The third kappa shape index (κ3) is 4.43. The first-order valence-electron chi connectivity index (χ1n) is 9.34. The van der Waals surface area contributed by atoms with Crippen molar-refractivity contribution >= 4 is 11.6 Å². The van der Waals surface area contributed by atoms with E-state index in [1.165, 1.54) is 37.8 Å². The second-order valence-electron chi connectivity index (χ2n) is 6.66. The maximum atomic E-state index is 13.6. The summed E-state index contributed by atoms with van der Waals surface area (Å²) in [6.07, 6.45) is -0.434. The quantitative estimate of drug-likeness (QED) is 0.491. The Hall–Kier alpha value is -4.21. The normalized spacial score (nSPS) is 11.2. The Morgan fingerprint density at radius 3 is 2.56 bits per heavy atom. The average Bonchev–Trinajstić information content (AvgIpc) is 3.26. The summed E-state index contributed by atoms with van der Waals surface area (Å²) in [6, 6.07) is 13.5. The number of methoxy groups -OCH3 is 1. The van der Waals surface area contributed by atoms with Crippen LogP contribution in [0.4, 0.5) is 18.9 Å². The molecule has 0 aliphatic heterocycles. The molecular formula is C22H16F3N5O2. The van der Waals surface area contributed by atoms with E-state index in [0.29, 0.717) is 22.6 Å². The first kappa shape index (κ1) is 21.0. The van der Waals surface area contributed by atoms with Gasteiger partial charge in [0.05, 0.1) is 24.7 Å². The number of hydrogen-bond acceptors (Lipinski definition) is 5. The number of halogens is 3. The molecule has 0 unspecified atom stereocenters. The highest BCUT2D eigenvalue weighted by atomic mass is 19.4. The molecule has 0 bridgehead atoms. The van der Waals surface area contributed by atoms with Gasteiger partial charge in [0, 0.05) is 23.5 Å². The minimum absolute atomic E-state index is 0.0492. The summed E-state index contributed by atoms with van der Waals surface area (Å²) in [5.41, 5.74) is 0.259. The zero-order chi connectivity index (χ0) is 22.7. The smallest absolute Gasteiger partial charge is 0.433 e. The number of carbonyl (C=O) groups is 1. The van der Waals surface area contributed by atoms with Gasteiger partial charge in [0.2, 0.25) is 0 Å². The van der Waals surface area contributed by atoms with Crippen LogP contribution in [0.3, 0.4) is 0 Å². The molecule has 0 spiro atoms. The topological polar surface area (TPSA) is 81.9 Å². The van der Waals surface area contributed by atoms with Gasteiger partial charge in [0.15, 0.2) is 11.5 Å². The van der Waals surface area contributed by atoms with Crippen LogP contribution in [-0.2, 0) is 6.18 Å². The van der Waals surface area contributed by atoms with E-state index in [-0.39, 0.29) is 11.5 Å². The van der Waals surface area contributed by atoms with Gasteiger partial charge in [-0.1, -0.05) is 6.07 Å². The third-order valence-corrected chi connectivity index (χ3v) is 4.51. The number of ether oxygens (including phenoxy) is 1. The second-order valence-corrected chi connectivity index (χ2v) is 6.66. The number of hydrogen-bond donors (Lipinski definition) is 1. The Morgan fingerprint density at radius 2 is 1.91 bits per heavy atom. The lowest BCUT2D eigenvalue weighted by atomic mass is 10.2. The average molecular weight is 439 g/mol. The Bertz CT molecular complexity index is 1240. The Kier molecular flexibility index (Phi) is 5.59. The van der Waals surface area contributed by atoms with E-state index < -0.39 is 17.8 Å². The van der Waals surface area contributed by atoms with Gasteiger partial charge in [-0.3, -0.25) is 9.78 Å². The van der Waals surface area contributed by atoms with Crippen molar-refractivity contribution in [2.45, 2.75) is 6.18 Å². The van der Waals surface area contributed by atoms with Gasteiger partial charge in [-0.05, 0) is 48.5 Å². The van der Waals surface area contributed by atoms with Crippen LogP contribution in [0.5, 0.6) is 5.75 Å². The minimum Gasteiger partial charge on any atom is -0.497 e. The van der Waals surface area contributed by atoms with Gasteiger partial charge < -0.3 is 10.1 Å². The van der Waals surface area contributed by atoms with Crippen LogP contribution < -0.4 is 10.1 Å². The van der Waals surface area contributed by atoms with Crippen molar-refractivity contribution in [2.24, 2.45) is 0 Å². The second kappa shape index (κ2) is 8.50. The summed E-state index contributed by atoms with van der Waals surface area (Å²) >= 11 is 0.